The highest BCUT2D eigenvalue weighted by molar-refractivity contribution is 5.74. The van der Waals surface area contributed by atoms with E-state index in [-0.39, 0.29) is 0 Å². The van der Waals surface area contributed by atoms with Crippen molar-refractivity contribution in [3.8, 4) is 11.4 Å². The summed E-state index contributed by atoms with van der Waals surface area (Å²) in [5.41, 5.74) is 2.78. The van der Waals surface area contributed by atoms with E-state index in [9.17, 15) is 0 Å². The monoisotopic (exact) mass is 361 g/mol. The molecule has 0 saturated heterocycles. The van der Waals surface area contributed by atoms with Crippen molar-refractivity contribution in [2.75, 3.05) is 35.3 Å². The summed E-state index contributed by atoms with van der Waals surface area (Å²) < 4.78 is 1.79. The Balaban J connectivity index is 1.71. The van der Waals surface area contributed by atoms with Crippen LogP contribution in [0.5, 0.6) is 0 Å². The molecule has 0 amide bonds. The highest BCUT2D eigenvalue weighted by Gasteiger charge is 2.23. The van der Waals surface area contributed by atoms with Crippen LogP contribution in [0.4, 0.5) is 17.3 Å². The average Bonchev–Trinajstić information content (AvgIpc) is 3.04. The van der Waals surface area contributed by atoms with Crippen LogP contribution >= 0.6 is 0 Å². The second kappa shape index (κ2) is 7.11. The standard InChI is InChI=1S/C20H23N7/c1-15(22-19-7-4-5-11-21-19)27-13-6-12-25(2)18-9-8-16(23-20(18)27)17-10-14-26(3)24-17/h4-5,7-11,14H,1,6,12-13H2,2-3H3,(H,21,22). The van der Waals surface area contributed by atoms with Gasteiger partial charge in [-0.2, -0.15) is 5.10 Å². The zero-order chi connectivity index (χ0) is 18.8. The van der Waals surface area contributed by atoms with E-state index in [2.05, 4.69) is 44.9 Å². The second-order valence-electron chi connectivity index (χ2n) is 6.63. The van der Waals surface area contributed by atoms with Crippen LogP contribution in [-0.4, -0.2) is 39.9 Å². The first-order chi connectivity index (χ1) is 13.1. The molecule has 7 nitrogen and oxygen atoms in total. The van der Waals surface area contributed by atoms with Crippen LogP contribution in [0.3, 0.4) is 0 Å². The Morgan fingerprint density at radius 1 is 1.07 bits per heavy atom. The van der Waals surface area contributed by atoms with Gasteiger partial charge in [-0.05, 0) is 36.8 Å². The summed E-state index contributed by atoms with van der Waals surface area (Å²) in [5, 5.41) is 7.78. The molecule has 1 aliphatic rings. The molecule has 3 aromatic heterocycles. The maximum absolute atomic E-state index is 4.94. The fourth-order valence-corrected chi connectivity index (χ4v) is 3.24. The summed E-state index contributed by atoms with van der Waals surface area (Å²) in [6.45, 7) is 6.03. The van der Waals surface area contributed by atoms with Gasteiger partial charge in [-0.1, -0.05) is 12.6 Å². The van der Waals surface area contributed by atoms with Crippen molar-refractivity contribution in [1.29, 1.82) is 0 Å². The molecule has 0 saturated carbocycles. The van der Waals surface area contributed by atoms with E-state index >= 15 is 0 Å². The smallest absolute Gasteiger partial charge is 0.158 e. The molecule has 0 radical (unpaired) electrons. The molecule has 1 aliphatic heterocycles. The third kappa shape index (κ3) is 3.48. The SMILES string of the molecule is C=C(Nc1ccccn1)N1CCCN(C)c2ccc(-c3ccn(C)n3)nc21. The third-order valence-electron chi connectivity index (χ3n) is 4.64. The van der Waals surface area contributed by atoms with E-state index in [1.807, 2.05) is 43.6 Å². The fraction of sp³-hybridized carbons (Fsp3) is 0.250. The highest BCUT2D eigenvalue weighted by atomic mass is 15.3. The van der Waals surface area contributed by atoms with Crippen molar-refractivity contribution in [3.05, 3.63) is 61.2 Å². The van der Waals surface area contributed by atoms with Crippen LogP contribution in [0.15, 0.2) is 61.2 Å². The lowest BCUT2D eigenvalue weighted by Crippen LogP contribution is -2.28. The molecular formula is C20H23N7. The minimum Gasteiger partial charge on any atom is -0.372 e. The maximum atomic E-state index is 4.94. The van der Waals surface area contributed by atoms with Crippen LogP contribution in [0, 0.1) is 0 Å². The van der Waals surface area contributed by atoms with E-state index in [4.69, 9.17) is 4.98 Å². The van der Waals surface area contributed by atoms with Crippen LogP contribution in [-0.2, 0) is 7.05 Å². The van der Waals surface area contributed by atoms with Crippen molar-refractivity contribution >= 4 is 17.3 Å². The van der Waals surface area contributed by atoms with Crippen molar-refractivity contribution in [3.63, 3.8) is 0 Å². The lowest BCUT2D eigenvalue weighted by Gasteiger charge is -2.27. The van der Waals surface area contributed by atoms with Crippen molar-refractivity contribution < 1.29 is 0 Å². The number of aryl methyl sites for hydroxylation is 1. The number of nitrogens with one attached hydrogen (secondary N) is 1. The Hall–Kier alpha value is -3.35. The van der Waals surface area contributed by atoms with Crippen molar-refractivity contribution in [2.24, 2.45) is 7.05 Å². The molecule has 0 aromatic carbocycles. The number of rotatable bonds is 4. The van der Waals surface area contributed by atoms with Gasteiger partial charge in [-0.15, -0.1) is 0 Å². The van der Waals surface area contributed by atoms with Gasteiger partial charge in [-0.25, -0.2) is 9.97 Å². The Morgan fingerprint density at radius 3 is 2.70 bits per heavy atom. The summed E-state index contributed by atoms with van der Waals surface area (Å²) in [4.78, 5) is 13.6. The first-order valence-electron chi connectivity index (χ1n) is 8.98. The Kier molecular flexibility index (Phi) is 4.50. The predicted octanol–water partition coefficient (Wildman–Crippen LogP) is 3.11. The minimum absolute atomic E-state index is 0.760. The van der Waals surface area contributed by atoms with Crippen LogP contribution in [0.1, 0.15) is 6.42 Å². The Morgan fingerprint density at radius 2 is 1.96 bits per heavy atom. The maximum Gasteiger partial charge on any atom is 0.158 e. The van der Waals surface area contributed by atoms with Crippen LogP contribution < -0.4 is 15.1 Å². The molecule has 0 spiro atoms. The van der Waals surface area contributed by atoms with E-state index < -0.39 is 0 Å². The molecule has 0 bridgehead atoms. The Labute approximate surface area is 159 Å². The Bertz CT molecular complexity index is 948. The lowest BCUT2D eigenvalue weighted by molar-refractivity contribution is 0.769. The van der Waals surface area contributed by atoms with Crippen LogP contribution in [0.25, 0.3) is 11.4 Å². The molecule has 7 heteroatoms. The summed E-state index contributed by atoms with van der Waals surface area (Å²) in [6.07, 6.45) is 4.69. The molecule has 4 rings (SSSR count). The minimum atomic E-state index is 0.760. The van der Waals surface area contributed by atoms with E-state index in [0.29, 0.717) is 0 Å². The van der Waals surface area contributed by atoms with Crippen molar-refractivity contribution in [2.45, 2.75) is 6.42 Å². The zero-order valence-corrected chi connectivity index (χ0v) is 15.6. The largest absolute Gasteiger partial charge is 0.372 e. The molecule has 3 aromatic rings. The van der Waals surface area contributed by atoms with Crippen LogP contribution in [0.2, 0.25) is 0 Å². The number of anilines is 3. The van der Waals surface area contributed by atoms with Gasteiger partial charge in [0.2, 0.25) is 0 Å². The topological polar surface area (TPSA) is 62.1 Å². The molecule has 1 N–H and O–H groups in total. The average molecular weight is 361 g/mol. The highest BCUT2D eigenvalue weighted by Crippen LogP contribution is 2.34. The third-order valence-corrected chi connectivity index (χ3v) is 4.64. The number of hydrogen-bond acceptors (Lipinski definition) is 6. The lowest BCUT2D eigenvalue weighted by atomic mass is 10.2. The first-order valence-corrected chi connectivity index (χ1v) is 8.98. The van der Waals surface area contributed by atoms with Gasteiger partial charge in [0.25, 0.3) is 0 Å². The van der Waals surface area contributed by atoms with Gasteiger partial charge in [-0.3, -0.25) is 4.68 Å². The van der Waals surface area contributed by atoms with Gasteiger partial charge in [0.1, 0.15) is 17.3 Å². The van der Waals surface area contributed by atoms with E-state index in [0.717, 1.165) is 54.0 Å². The molecule has 138 valence electrons. The quantitative estimate of drug-likeness (QED) is 0.770. The van der Waals surface area contributed by atoms with E-state index in [1.54, 1.807) is 10.9 Å². The van der Waals surface area contributed by atoms with Gasteiger partial charge in [0, 0.05) is 39.6 Å². The summed E-state index contributed by atoms with van der Waals surface area (Å²) in [7, 11) is 4.01. The molecule has 0 atom stereocenters. The first kappa shape index (κ1) is 17.1. The predicted molar refractivity (Wildman–Crippen MR) is 109 cm³/mol. The molecule has 27 heavy (non-hydrogen) atoms. The normalized spacial score (nSPS) is 13.9. The van der Waals surface area contributed by atoms with Crippen molar-refractivity contribution in [1.82, 2.24) is 19.7 Å². The second-order valence-corrected chi connectivity index (χ2v) is 6.63. The molecule has 0 unspecified atom stereocenters. The number of fused-ring (bicyclic) bond motifs is 1. The van der Waals surface area contributed by atoms with Gasteiger partial charge in [0.15, 0.2) is 5.82 Å². The zero-order valence-electron chi connectivity index (χ0n) is 15.6. The molecule has 0 fully saturated rings. The fourth-order valence-electron chi connectivity index (χ4n) is 3.24. The summed E-state index contributed by atoms with van der Waals surface area (Å²) in [5.74, 6) is 2.41. The summed E-state index contributed by atoms with van der Waals surface area (Å²) >= 11 is 0. The molecule has 0 aliphatic carbocycles. The number of pyridine rings is 2. The molecular weight excluding hydrogens is 338 g/mol. The van der Waals surface area contributed by atoms with E-state index in [1.165, 1.54) is 0 Å². The van der Waals surface area contributed by atoms with Gasteiger partial charge >= 0.3 is 0 Å². The van der Waals surface area contributed by atoms with Gasteiger partial charge in [0.05, 0.1) is 11.4 Å². The number of aromatic nitrogens is 4. The number of hydrogen-bond donors (Lipinski definition) is 1. The summed E-state index contributed by atoms with van der Waals surface area (Å²) in [6, 6.07) is 11.9. The molecule has 4 heterocycles. The number of nitrogens with zero attached hydrogens (tertiary/aromatic N) is 6. The van der Waals surface area contributed by atoms with Gasteiger partial charge < -0.3 is 15.1 Å².